The molecule has 0 saturated heterocycles. The van der Waals surface area contributed by atoms with Crippen LogP contribution in [0.1, 0.15) is 10.4 Å². The lowest BCUT2D eigenvalue weighted by Crippen LogP contribution is -2.16. The average Bonchev–Trinajstić information content (AvgIpc) is 2.84. The predicted octanol–water partition coefficient (Wildman–Crippen LogP) is 2.51. The molecular weight excluding hydrogens is 296 g/mol. The van der Waals surface area contributed by atoms with Gasteiger partial charge in [-0.1, -0.05) is 18.2 Å². The number of rotatable bonds is 2. The third-order valence-electron chi connectivity index (χ3n) is 3.01. The summed E-state index contributed by atoms with van der Waals surface area (Å²) in [5.74, 6) is -0.976. The summed E-state index contributed by atoms with van der Waals surface area (Å²) in [5.41, 5.74) is 1.89. The van der Waals surface area contributed by atoms with Gasteiger partial charge in [-0.25, -0.2) is 0 Å². The van der Waals surface area contributed by atoms with Crippen LogP contribution in [0.4, 0.5) is 5.69 Å². The Kier molecular flexibility index (Phi) is 3.16. The van der Waals surface area contributed by atoms with Crippen molar-refractivity contribution in [1.82, 2.24) is 5.48 Å². The number of fused-ring (bicyclic) bond motifs is 3. The molecule has 0 atom stereocenters. The van der Waals surface area contributed by atoms with Gasteiger partial charge in [0.15, 0.2) is 0 Å². The van der Waals surface area contributed by atoms with E-state index >= 15 is 0 Å². The summed E-state index contributed by atoms with van der Waals surface area (Å²) >= 11 is 0. The van der Waals surface area contributed by atoms with Crippen molar-refractivity contribution in [1.29, 1.82) is 0 Å². The minimum Gasteiger partial charge on any atom is -0.759 e. The topological polar surface area (TPSA) is 112 Å². The first-order chi connectivity index (χ1) is 10.1. The molecule has 1 heterocycles. The van der Waals surface area contributed by atoms with Crippen molar-refractivity contribution in [2.24, 2.45) is 4.36 Å². The van der Waals surface area contributed by atoms with Crippen molar-refractivity contribution in [3.63, 3.8) is 0 Å². The molecule has 3 rings (SSSR count). The largest absolute Gasteiger partial charge is 0.759 e. The molecule has 3 aromatic rings. The van der Waals surface area contributed by atoms with Crippen LogP contribution in [0.15, 0.2) is 45.2 Å². The van der Waals surface area contributed by atoms with Gasteiger partial charge < -0.3 is 15.1 Å². The van der Waals surface area contributed by atoms with E-state index in [1.807, 2.05) is 0 Å². The molecular formula is C13H7N2O5S-. The van der Waals surface area contributed by atoms with Crippen LogP contribution >= 0.6 is 0 Å². The zero-order valence-corrected chi connectivity index (χ0v) is 11.2. The molecule has 8 heteroatoms. The van der Waals surface area contributed by atoms with Crippen LogP contribution in [-0.4, -0.2) is 14.3 Å². The number of para-hydroxylation sites is 1. The van der Waals surface area contributed by atoms with Crippen LogP contribution in [0, 0.1) is 5.21 Å². The first-order valence-corrected chi connectivity index (χ1v) is 6.83. The maximum Gasteiger partial charge on any atom is 0.316 e. The molecule has 21 heavy (non-hydrogen) atoms. The molecule has 2 aromatic carbocycles. The van der Waals surface area contributed by atoms with E-state index < -0.39 is 16.4 Å². The Bertz CT molecular complexity index is 996. The van der Waals surface area contributed by atoms with Crippen LogP contribution in [0.2, 0.25) is 0 Å². The van der Waals surface area contributed by atoms with Gasteiger partial charge in [0.1, 0.15) is 11.2 Å². The number of nitrogens with one attached hydrogen (secondary N) is 1. The number of carbonyl (C=O) groups is 1. The molecule has 7 nitrogen and oxygen atoms in total. The van der Waals surface area contributed by atoms with Gasteiger partial charge in [0.2, 0.25) is 5.91 Å². The van der Waals surface area contributed by atoms with E-state index in [0.29, 0.717) is 21.9 Å². The number of nitrogens with zero attached hydrogens (tertiary/aromatic N) is 1. The number of hydroxylamine groups is 1. The van der Waals surface area contributed by atoms with E-state index in [2.05, 4.69) is 4.36 Å². The average molecular weight is 303 g/mol. The molecule has 0 radical (unpaired) electrons. The van der Waals surface area contributed by atoms with Gasteiger partial charge in [-0.2, -0.15) is 8.42 Å². The summed E-state index contributed by atoms with van der Waals surface area (Å²) in [6, 6.07) is 9.73. The highest BCUT2D eigenvalue weighted by atomic mass is 32.2. The van der Waals surface area contributed by atoms with Gasteiger partial charge in [0, 0.05) is 10.8 Å². The molecule has 0 bridgehead atoms. The molecule has 1 N–H and O–H groups in total. The maximum absolute atomic E-state index is 11.8. The Hall–Kier alpha value is -2.71. The van der Waals surface area contributed by atoms with Crippen LogP contribution in [0.25, 0.3) is 21.9 Å². The second-order valence-electron chi connectivity index (χ2n) is 4.17. The van der Waals surface area contributed by atoms with Crippen LogP contribution in [-0.2, 0) is 10.5 Å². The van der Waals surface area contributed by atoms with E-state index in [4.69, 9.17) is 4.42 Å². The molecule has 106 valence electrons. The summed E-state index contributed by atoms with van der Waals surface area (Å²) < 4.78 is 30.5. The van der Waals surface area contributed by atoms with Gasteiger partial charge in [0.25, 0.3) is 0 Å². The lowest BCUT2D eigenvalue weighted by molar-refractivity contribution is 0.0972. The third kappa shape index (κ3) is 2.16. The van der Waals surface area contributed by atoms with Crippen molar-refractivity contribution < 1.29 is 17.6 Å². The fourth-order valence-corrected chi connectivity index (χ4v) is 2.56. The molecule has 0 aliphatic rings. The fraction of sp³-hybridized carbons (Fsp3) is 0. The van der Waals surface area contributed by atoms with E-state index in [1.165, 1.54) is 17.6 Å². The molecule has 0 spiro atoms. The second-order valence-corrected chi connectivity index (χ2v) is 4.79. The number of benzene rings is 2. The molecule has 1 amide bonds. The highest BCUT2D eigenvalue weighted by Gasteiger charge is 2.19. The van der Waals surface area contributed by atoms with E-state index in [0.717, 1.165) is 0 Å². The monoisotopic (exact) mass is 303 g/mol. The van der Waals surface area contributed by atoms with Crippen LogP contribution in [0.3, 0.4) is 0 Å². The quantitative estimate of drug-likeness (QED) is 0.731. The van der Waals surface area contributed by atoms with Crippen LogP contribution in [0.5, 0.6) is 0 Å². The summed E-state index contributed by atoms with van der Waals surface area (Å²) in [6.45, 7) is 0. The minimum atomic E-state index is -2.75. The number of amides is 1. The van der Waals surface area contributed by atoms with Crippen molar-refractivity contribution in [3.8, 4) is 0 Å². The van der Waals surface area contributed by atoms with Crippen molar-refractivity contribution in [2.45, 2.75) is 0 Å². The zero-order valence-electron chi connectivity index (χ0n) is 10.4. The van der Waals surface area contributed by atoms with Crippen molar-refractivity contribution in [3.05, 3.63) is 47.2 Å². The van der Waals surface area contributed by atoms with E-state index in [9.17, 15) is 18.4 Å². The van der Waals surface area contributed by atoms with Gasteiger partial charge in [-0.15, -0.1) is 4.36 Å². The van der Waals surface area contributed by atoms with Gasteiger partial charge in [-0.05, 0) is 18.2 Å². The zero-order chi connectivity index (χ0) is 15.0. The SMILES string of the molecule is O=C(N[O-])c1c(N=S(=O)=O)ccc2oc3ccccc3c12. The molecule has 0 aliphatic carbocycles. The number of hydrogen-bond acceptors (Lipinski definition) is 6. The molecule has 0 aliphatic heterocycles. The lowest BCUT2D eigenvalue weighted by atomic mass is 10.0. The Balaban J connectivity index is 2.53. The van der Waals surface area contributed by atoms with Gasteiger partial charge in [-0.3, -0.25) is 4.79 Å². The Morgan fingerprint density at radius 2 is 1.90 bits per heavy atom. The fourth-order valence-electron chi connectivity index (χ4n) is 2.24. The standard InChI is InChI=1S/C13H7N2O5S/c16-13(14-17)12-8(15-21(18)19)5-6-10-11(12)7-3-1-2-4-9(7)20-10/h1-6H,(H-,14,16,17)/q-1. The summed E-state index contributed by atoms with van der Waals surface area (Å²) in [5, 5.41) is 11.7. The maximum atomic E-state index is 11.8. The highest BCUT2D eigenvalue weighted by Crippen LogP contribution is 2.35. The smallest absolute Gasteiger partial charge is 0.316 e. The minimum absolute atomic E-state index is 0.115. The first kappa shape index (κ1) is 13.3. The number of furan rings is 1. The van der Waals surface area contributed by atoms with Gasteiger partial charge >= 0.3 is 10.5 Å². The number of carbonyl (C=O) groups excluding carboxylic acids is 1. The Labute approximate surface area is 119 Å². The summed E-state index contributed by atoms with van der Waals surface area (Å²) in [7, 11) is -2.75. The van der Waals surface area contributed by atoms with Crippen molar-refractivity contribution >= 4 is 44.0 Å². The first-order valence-electron chi connectivity index (χ1n) is 5.79. The second kappa shape index (κ2) is 5.00. The normalized spacial score (nSPS) is 10.7. The molecule has 0 saturated carbocycles. The predicted molar refractivity (Wildman–Crippen MR) is 75.6 cm³/mol. The summed E-state index contributed by atoms with van der Waals surface area (Å²) in [4.78, 5) is 11.8. The Morgan fingerprint density at radius 1 is 1.14 bits per heavy atom. The lowest BCUT2D eigenvalue weighted by Gasteiger charge is -2.10. The van der Waals surface area contributed by atoms with Crippen LogP contribution < -0.4 is 5.48 Å². The van der Waals surface area contributed by atoms with Crippen molar-refractivity contribution in [2.75, 3.05) is 0 Å². The Morgan fingerprint density at radius 3 is 2.62 bits per heavy atom. The molecule has 0 fully saturated rings. The number of hydrogen-bond donors (Lipinski definition) is 1. The highest BCUT2D eigenvalue weighted by molar-refractivity contribution is 7.61. The summed E-state index contributed by atoms with van der Waals surface area (Å²) in [6.07, 6.45) is 0. The van der Waals surface area contributed by atoms with E-state index in [-0.39, 0.29) is 11.3 Å². The van der Waals surface area contributed by atoms with E-state index in [1.54, 1.807) is 24.3 Å². The molecule has 0 unspecified atom stereocenters. The molecule has 1 aromatic heterocycles. The van der Waals surface area contributed by atoms with Gasteiger partial charge in [0.05, 0.1) is 11.3 Å². The third-order valence-corrected chi connectivity index (χ3v) is 3.36.